The first-order valence-corrected chi connectivity index (χ1v) is 7.49. The number of benzene rings is 1. The molecule has 1 aromatic rings. The highest BCUT2D eigenvalue weighted by molar-refractivity contribution is 5.29. The van der Waals surface area contributed by atoms with Gasteiger partial charge >= 0.3 is 0 Å². The molecule has 20 heavy (non-hydrogen) atoms. The maximum absolute atomic E-state index is 5.85. The summed E-state index contributed by atoms with van der Waals surface area (Å²) in [5.41, 5.74) is 1.24. The van der Waals surface area contributed by atoms with E-state index in [0.29, 0.717) is 13.2 Å². The van der Waals surface area contributed by atoms with Gasteiger partial charge in [-0.15, -0.1) is 0 Å². The minimum Gasteiger partial charge on any atom is -0.494 e. The Morgan fingerprint density at radius 1 is 1.25 bits per heavy atom. The molecule has 1 aliphatic heterocycles. The summed E-state index contributed by atoms with van der Waals surface area (Å²) < 4.78 is 16.5. The zero-order chi connectivity index (χ0) is 14.2. The Morgan fingerprint density at radius 2 is 2.00 bits per heavy atom. The molecule has 112 valence electrons. The number of rotatable bonds is 9. The van der Waals surface area contributed by atoms with Crippen LogP contribution in [0.2, 0.25) is 0 Å². The van der Waals surface area contributed by atoms with Crippen LogP contribution in [0.4, 0.5) is 0 Å². The van der Waals surface area contributed by atoms with E-state index in [1.807, 2.05) is 19.1 Å². The molecule has 1 N–H and O–H groups in total. The lowest BCUT2D eigenvalue weighted by Gasteiger charge is -2.28. The molecule has 0 saturated carbocycles. The standard InChI is InChI=1S/C16H25NO3/c1-3-9-17-16(12-20-15-10-18-11-15)13-5-7-14(8-6-13)19-4-2/h5-8,15-17H,3-4,9-12H2,1-2H3. The lowest BCUT2D eigenvalue weighted by molar-refractivity contribution is -0.133. The third kappa shape index (κ3) is 4.47. The maximum Gasteiger partial charge on any atom is 0.119 e. The van der Waals surface area contributed by atoms with Crippen molar-refractivity contribution in [2.75, 3.05) is 33.0 Å². The van der Waals surface area contributed by atoms with Crippen molar-refractivity contribution in [2.24, 2.45) is 0 Å². The zero-order valence-corrected chi connectivity index (χ0v) is 12.4. The van der Waals surface area contributed by atoms with Crippen molar-refractivity contribution in [1.29, 1.82) is 0 Å². The third-order valence-corrected chi connectivity index (χ3v) is 3.34. The fourth-order valence-electron chi connectivity index (χ4n) is 2.10. The fourth-order valence-corrected chi connectivity index (χ4v) is 2.10. The van der Waals surface area contributed by atoms with Crippen LogP contribution in [0.25, 0.3) is 0 Å². The van der Waals surface area contributed by atoms with E-state index in [1.165, 1.54) is 5.56 Å². The summed E-state index contributed by atoms with van der Waals surface area (Å²) in [6.45, 7) is 7.98. The van der Waals surface area contributed by atoms with Crippen molar-refractivity contribution in [3.8, 4) is 5.75 Å². The average Bonchev–Trinajstić information content (AvgIpc) is 2.42. The molecule has 0 bridgehead atoms. The molecule has 1 saturated heterocycles. The van der Waals surface area contributed by atoms with Crippen LogP contribution in [0.3, 0.4) is 0 Å². The molecule has 0 aliphatic carbocycles. The van der Waals surface area contributed by atoms with Gasteiger partial charge in [-0.1, -0.05) is 19.1 Å². The zero-order valence-electron chi connectivity index (χ0n) is 12.4. The van der Waals surface area contributed by atoms with Gasteiger partial charge in [0.1, 0.15) is 11.9 Å². The Kier molecular flexibility index (Phi) is 6.30. The van der Waals surface area contributed by atoms with Crippen LogP contribution in [-0.4, -0.2) is 39.1 Å². The minimum atomic E-state index is 0.228. The second-order valence-electron chi connectivity index (χ2n) is 5.00. The van der Waals surface area contributed by atoms with Gasteiger partial charge in [-0.25, -0.2) is 0 Å². The Bertz CT molecular complexity index is 376. The molecule has 0 amide bonds. The van der Waals surface area contributed by atoms with Crippen LogP contribution >= 0.6 is 0 Å². The highest BCUT2D eigenvalue weighted by Gasteiger charge is 2.21. The predicted molar refractivity (Wildman–Crippen MR) is 79.2 cm³/mol. The monoisotopic (exact) mass is 279 g/mol. The third-order valence-electron chi connectivity index (χ3n) is 3.34. The molecule has 2 rings (SSSR count). The van der Waals surface area contributed by atoms with Crippen LogP contribution in [0.15, 0.2) is 24.3 Å². The summed E-state index contributed by atoms with van der Waals surface area (Å²) in [5, 5.41) is 3.53. The van der Waals surface area contributed by atoms with Crippen molar-refractivity contribution in [3.63, 3.8) is 0 Å². The average molecular weight is 279 g/mol. The summed E-state index contributed by atoms with van der Waals surface area (Å²) in [4.78, 5) is 0. The van der Waals surface area contributed by atoms with Gasteiger partial charge in [-0.05, 0) is 37.6 Å². The minimum absolute atomic E-state index is 0.228. The first-order chi connectivity index (χ1) is 9.83. The second-order valence-corrected chi connectivity index (χ2v) is 5.00. The molecule has 4 nitrogen and oxygen atoms in total. The normalized spacial score (nSPS) is 16.7. The molecular formula is C16H25NO3. The SMILES string of the molecule is CCCNC(COC1COC1)c1ccc(OCC)cc1. The largest absolute Gasteiger partial charge is 0.494 e. The summed E-state index contributed by atoms with van der Waals surface area (Å²) in [7, 11) is 0. The highest BCUT2D eigenvalue weighted by atomic mass is 16.6. The van der Waals surface area contributed by atoms with Gasteiger partial charge in [0.05, 0.1) is 32.5 Å². The van der Waals surface area contributed by atoms with Crippen LogP contribution in [-0.2, 0) is 9.47 Å². The Labute approximate surface area is 121 Å². The van der Waals surface area contributed by atoms with Crippen molar-refractivity contribution in [3.05, 3.63) is 29.8 Å². The van der Waals surface area contributed by atoms with E-state index in [9.17, 15) is 0 Å². The van der Waals surface area contributed by atoms with Crippen molar-refractivity contribution >= 4 is 0 Å². The van der Waals surface area contributed by atoms with Gasteiger partial charge in [0.2, 0.25) is 0 Å². The first-order valence-electron chi connectivity index (χ1n) is 7.49. The van der Waals surface area contributed by atoms with Gasteiger partial charge in [0.25, 0.3) is 0 Å². The van der Waals surface area contributed by atoms with Crippen LogP contribution in [0.5, 0.6) is 5.75 Å². The van der Waals surface area contributed by atoms with Crippen molar-refractivity contribution in [2.45, 2.75) is 32.4 Å². The Morgan fingerprint density at radius 3 is 2.55 bits per heavy atom. The Balaban J connectivity index is 1.92. The predicted octanol–water partition coefficient (Wildman–Crippen LogP) is 2.54. The molecular weight excluding hydrogens is 254 g/mol. The quantitative estimate of drug-likeness (QED) is 0.754. The van der Waals surface area contributed by atoms with Crippen LogP contribution < -0.4 is 10.1 Å². The van der Waals surface area contributed by atoms with E-state index >= 15 is 0 Å². The van der Waals surface area contributed by atoms with Gasteiger partial charge in [0.15, 0.2) is 0 Å². The molecule has 4 heteroatoms. The van der Waals surface area contributed by atoms with E-state index < -0.39 is 0 Å². The molecule has 0 aromatic heterocycles. The summed E-state index contributed by atoms with van der Waals surface area (Å²) >= 11 is 0. The van der Waals surface area contributed by atoms with Gasteiger partial charge in [-0.2, -0.15) is 0 Å². The van der Waals surface area contributed by atoms with Gasteiger partial charge in [-0.3, -0.25) is 0 Å². The van der Waals surface area contributed by atoms with Gasteiger partial charge in [0, 0.05) is 0 Å². The lowest BCUT2D eigenvalue weighted by Crippen LogP contribution is -2.38. The molecule has 0 spiro atoms. The van der Waals surface area contributed by atoms with Crippen molar-refractivity contribution < 1.29 is 14.2 Å². The summed E-state index contributed by atoms with van der Waals surface area (Å²) in [6, 6.07) is 8.49. The molecule has 1 heterocycles. The topological polar surface area (TPSA) is 39.7 Å². The second kappa shape index (κ2) is 8.25. The molecule has 1 aromatic carbocycles. The molecule has 1 atom stereocenters. The summed E-state index contributed by atoms with van der Waals surface area (Å²) in [5.74, 6) is 0.916. The van der Waals surface area contributed by atoms with Crippen molar-refractivity contribution in [1.82, 2.24) is 5.32 Å². The number of nitrogens with one attached hydrogen (secondary N) is 1. The maximum atomic E-state index is 5.85. The van der Waals surface area contributed by atoms with Crippen LogP contribution in [0.1, 0.15) is 31.9 Å². The lowest BCUT2D eigenvalue weighted by atomic mass is 10.1. The molecule has 1 aliphatic rings. The smallest absolute Gasteiger partial charge is 0.119 e. The van der Waals surface area contributed by atoms with E-state index in [-0.39, 0.29) is 12.1 Å². The number of ether oxygens (including phenoxy) is 3. The first kappa shape index (κ1) is 15.3. The van der Waals surface area contributed by atoms with E-state index in [0.717, 1.165) is 31.9 Å². The highest BCUT2D eigenvalue weighted by Crippen LogP contribution is 2.19. The molecule has 1 unspecified atom stereocenters. The Hall–Kier alpha value is -1.10. The fraction of sp³-hybridized carbons (Fsp3) is 0.625. The van der Waals surface area contributed by atoms with E-state index in [4.69, 9.17) is 14.2 Å². The number of hydrogen-bond acceptors (Lipinski definition) is 4. The van der Waals surface area contributed by atoms with E-state index in [2.05, 4.69) is 24.4 Å². The van der Waals surface area contributed by atoms with Crippen LogP contribution in [0, 0.1) is 0 Å². The number of hydrogen-bond donors (Lipinski definition) is 1. The summed E-state index contributed by atoms with van der Waals surface area (Å²) in [6.07, 6.45) is 1.38. The molecule has 1 fully saturated rings. The molecule has 0 radical (unpaired) electrons. The van der Waals surface area contributed by atoms with E-state index in [1.54, 1.807) is 0 Å². The van der Waals surface area contributed by atoms with Gasteiger partial charge < -0.3 is 19.5 Å².